The zero-order chi connectivity index (χ0) is 15.9. The molecule has 0 aromatic rings. The molecule has 0 spiro atoms. The quantitative estimate of drug-likeness (QED) is 0.692. The van der Waals surface area contributed by atoms with Crippen LogP contribution in [0.1, 0.15) is 20.8 Å². The Morgan fingerprint density at radius 2 is 2.05 bits per heavy atom. The van der Waals surface area contributed by atoms with Gasteiger partial charge in [-0.05, 0) is 20.8 Å². The molecule has 9 heteroatoms. The van der Waals surface area contributed by atoms with Crippen molar-refractivity contribution < 1.29 is 24.3 Å². The van der Waals surface area contributed by atoms with Gasteiger partial charge in [0.2, 0.25) is 5.91 Å². The van der Waals surface area contributed by atoms with E-state index in [9.17, 15) is 19.2 Å². The van der Waals surface area contributed by atoms with Gasteiger partial charge in [-0.15, -0.1) is 11.8 Å². The van der Waals surface area contributed by atoms with Gasteiger partial charge < -0.3 is 15.3 Å². The van der Waals surface area contributed by atoms with Gasteiger partial charge >= 0.3 is 12.0 Å². The molecule has 2 N–H and O–H groups in total. The maximum atomic E-state index is 12.3. The molecular formula is C12H17N3O5S. The number of carbonyl (C=O) groups excluding carboxylic acids is 3. The fourth-order valence-electron chi connectivity index (χ4n) is 2.39. The third-order valence-electron chi connectivity index (χ3n) is 3.53. The van der Waals surface area contributed by atoms with Gasteiger partial charge in [-0.1, -0.05) is 0 Å². The maximum Gasteiger partial charge on any atom is 0.327 e. The number of carbonyl (C=O) groups is 4. The minimum atomic E-state index is -1.09. The van der Waals surface area contributed by atoms with E-state index in [0.29, 0.717) is 5.75 Å². The summed E-state index contributed by atoms with van der Waals surface area (Å²) in [5.41, 5.74) is -1.05. The van der Waals surface area contributed by atoms with Gasteiger partial charge in [-0.2, -0.15) is 0 Å². The third kappa shape index (κ3) is 2.69. The Morgan fingerprint density at radius 3 is 2.52 bits per heavy atom. The Labute approximate surface area is 125 Å². The van der Waals surface area contributed by atoms with Crippen LogP contribution in [0.4, 0.5) is 4.79 Å². The number of hydrogen-bond acceptors (Lipinski definition) is 5. The fraction of sp³-hybridized carbons (Fsp3) is 0.667. The number of amides is 4. The number of carboxylic acids is 1. The molecule has 0 aliphatic carbocycles. The van der Waals surface area contributed by atoms with E-state index in [-0.39, 0.29) is 5.37 Å². The Bertz CT molecular complexity index is 521. The summed E-state index contributed by atoms with van der Waals surface area (Å²) in [6, 6.07) is -1.56. The molecule has 8 nitrogen and oxygen atoms in total. The van der Waals surface area contributed by atoms with Crippen molar-refractivity contribution in [1.82, 2.24) is 15.1 Å². The zero-order valence-corrected chi connectivity index (χ0v) is 12.8. The van der Waals surface area contributed by atoms with Gasteiger partial charge in [-0.3, -0.25) is 14.5 Å². The first-order valence-corrected chi connectivity index (χ1v) is 7.49. The largest absolute Gasteiger partial charge is 0.480 e. The first-order valence-electron chi connectivity index (χ1n) is 6.45. The summed E-state index contributed by atoms with van der Waals surface area (Å²) in [6.07, 6.45) is 0. The van der Waals surface area contributed by atoms with E-state index in [4.69, 9.17) is 5.11 Å². The molecule has 2 aliphatic rings. The van der Waals surface area contributed by atoms with Crippen molar-refractivity contribution in [2.75, 3.05) is 12.3 Å². The predicted octanol–water partition coefficient (Wildman–Crippen LogP) is -0.309. The molecule has 0 radical (unpaired) electrons. The molecule has 0 aromatic heterocycles. The molecule has 0 aromatic carbocycles. The van der Waals surface area contributed by atoms with Crippen molar-refractivity contribution in [2.45, 2.75) is 37.7 Å². The molecule has 0 saturated carbocycles. The summed E-state index contributed by atoms with van der Waals surface area (Å²) in [5, 5.41) is 11.3. The van der Waals surface area contributed by atoms with Crippen molar-refractivity contribution in [3.63, 3.8) is 0 Å². The summed E-state index contributed by atoms with van der Waals surface area (Å²) in [5.74, 6) is -1.82. The number of aliphatic carboxylic acids is 1. The first kappa shape index (κ1) is 15.6. The van der Waals surface area contributed by atoms with E-state index in [2.05, 4.69) is 5.32 Å². The lowest BCUT2D eigenvalue weighted by molar-refractivity contribution is -0.149. The van der Waals surface area contributed by atoms with E-state index >= 15 is 0 Å². The highest BCUT2D eigenvalue weighted by Gasteiger charge is 2.47. The SMILES string of the molecule is CC1SCC(C(=O)O)N1C(=O)CN1C(=O)NC(C)(C)C1=O. The number of hydrogen-bond donors (Lipinski definition) is 2. The van der Waals surface area contributed by atoms with Crippen LogP contribution < -0.4 is 5.32 Å². The maximum absolute atomic E-state index is 12.3. The topological polar surface area (TPSA) is 107 Å². The second kappa shape index (κ2) is 5.21. The molecule has 2 fully saturated rings. The highest BCUT2D eigenvalue weighted by Crippen LogP contribution is 2.29. The average Bonchev–Trinajstić information content (AvgIpc) is 2.83. The number of carboxylic acid groups (broad SMARTS) is 1. The van der Waals surface area contributed by atoms with Gasteiger partial charge in [0.15, 0.2) is 0 Å². The lowest BCUT2D eigenvalue weighted by atomic mass is 10.1. The van der Waals surface area contributed by atoms with Crippen molar-refractivity contribution in [3.05, 3.63) is 0 Å². The second-order valence-electron chi connectivity index (χ2n) is 5.53. The second-order valence-corrected chi connectivity index (χ2v) is 6.88. The first-order chi connectivity index (χ1) is 9.65. The van der Waals surface area contributed by atoms with E-state index in [0.717, 1.165) is 4.90 Å². The van der Waals surface area contributed by atoms with Gasteiger partial charge in [0.1, 0.15) is 18.1 Å². The molecule has 2 unspecified atom stereocenters. The summed E-state index contributed by atoms with van der Waals surface area (Å²) < 4.78 is 0. The van der Waals surface area contributed by atoms with Crippen LogP contribution in [-0.2, 0) is 14.4 Å². The van der Waals surface area contributed by atoms with Crippen LogP contribution in [0.3, 0.4) is 0 Å². The van der Waals surface area contributed by atoms with E-state index in [1.54, 1.807) is 20.8 Å². The molecule has 2 saturated heterocycles. The molecule has 116 valence electrons. The molecule has 2 heterocycles. The van der Waals surface area contributed by atoms with Crippen LogP contribution >= 0.6 is 11.8 Å². The average molecular weight is 315 g/mol. The molecule has 2 aliphatic heterocycles. The van der Waals surface area contributed by atoms with E-state index in [1.807, 2.05) is 0 Å². The van der Waals surface area contributed by atoms with Crippen LogP contribution in [-0.4, -0.2) is 68.0 Å². The lowest BCUT2D eigenvalue weighted by Gasteiger charge is -2.26. The molecule has 2 atom stereocenters. The Balaban J connectivity index is 2.13. The van der Waals surface area contributed by atoms with E-state index in [1.165, 1.54) is 16.7 Å². The highest BCUT2D eigenvalue weighted by molar-refractivity contribution is 8.00. The van der Waals surface area contributed by atoms with Crippen LogP contribution in [0.15, 0.2) is 0 Å². The van der Waals surface area contributed by atoms with Crippen LogP contribution in [0.2, 0.25) is 0 Å². The van der Waals surface area contributed by atoms with Crippen LogP contribution in [0.5, 0.6) is 0 Å². The monoisotopic (exact) mass is 315 g/mol. The number of imide groups is 1. The van der Waals surface area contributed by atoms with Gasteiger partial charge in [-0.25, -0.2) is 9.59 Å². The summed E-state index contributed by atoms with van der Waals surface area (Å²) >= 11 is 1.35. The minimum Gasteiger partial charge on any atom is -0.480 e. The van der Waals surface area contributed by atoms with Crippen molar-refractivity contribution in [2.24, 2.45) is 0 Å². The lowest BCUT2D eigenvalue weighted by Crippen LogP contribution is -2.50. The number of nitrogens with one attached hydrogen (secondary N) is 1. The van der Waals surface area contributed by atoms with Crippen molar-refractivity contribution >= 4 is 35.6 Å². The highest BCUT2D eigenvalue weighted by atomic mass is 32.2. The van der Waals surface area contributed by atoms with Gasteiger partial charge in [0, 0.05) is 5.75 Å². The van der Waals surface area contributed by atoms with Crippen molar-refractivity contribution in [1.29, 1.82) is 0 Å². The molecule has 21 heavy (non-hydrogen) atoms. The van der Waals surface area contributed by atoms with Crippen LogP contribution in [0, 0.1) is 0 Å². The minimum absolute atomic E-state index is 0.299. The number of rotatable bonds is 3. The van der Waals surface area contributed by atoms with Gasteiger partial charge in [0.25, 0.3) is 5.91 Å². The summed E-state index contributed by atoms with van der Waals surface area (Å²) in [6.45, 7) is 4.38. The fourth-order valence-corrected chi connectivity index (χ4v) is 3.58. The number of urea groups is 1. The van der Waals surface area contributed by atoms with Gasteiger partial charge in [0.05, 0.1) is 5.37 Å². The Morgan fingerprint density at radius 1 is 1.43 bits per heavy atom. The standard InChI is InChI=1S/C12H17N3O5S/c1-6-15(7(5-21-6)9(17)18)8(16)4-14-10(19)12(2,3)13-11(14)20/h6-7H,4-5H2,1-3H3,(H,13,20)(H,17,18). The third-order valence-corrected chi connectivity index (χ3v) is 4.75. The molecule has 0 bridgehead atoms. The molecule has 2 rings (SSSR count). The summed E-state index contributed by atoms with van der Waals surface area (Å²) in [4.78, 5) is 49.3. The number of thioether (sulfide) groups is 1. The smallest absolute Gasteiger partial charge is 0.327 e. The molecule has 4 amide bonds. The summed E-state index contributed by atoms with van der Waals surface area (Å²) in [7, 11) is 0. The predicted molar refractivity (Wildman–Crippen MR) is 74.5 cm³/mol. The normalized spacial score (nSPS) is 28.0. The van der Waals surface area contributed by atoms with E-state index < -0.39 is 41.9 Å². The Hall–Kier alpha value is -1.77. The molecular weight excluding hydrogens is 298 g/mol. The zero-order valence-electron chi connectivity index (χ0n) is 12.0. The van der Waals surface area contributed by atoms with Crippen molar-refractivity contribution in [3.8, 4) is 0 Å². The number of nitrogens with zero attached hydrogens (tertiary/aromatic N) is 2. The Kier molecular flexibility index (Phi) is 3.87. The van der Waals surface area contributed by atoms with Crippen LogP contribution in [0.25, 0.3) is 0 Å².